The van der Waals surface area contributed by atoms with Gasteiger partial charge in [-0.15, -0.1) is 0 Å². The first kappa shape index (κ1) is 12.0. The molecule has 0 atom stereocenters. The molecule has 2 heterocycles. The molecule has 2 rings (SSSR count). The number of aromatic nitrogens is 2. The fourth-order valence-corrected chi connectivity index (χ4v) is 1.85. The molecule has 0 aliphatic carbocycles. The summed E-state index contributed by atoms with van der Waals surface area (Å²) in [5.74, 6) is -0.280. The zero-order valence-corrected chi connectivity index (χ0v) is 9.37. The second-order valence-electron chi connectivity index (χ2n) is 3.61. The monoisotopic (exact) mass is 245 g/mol. The van der Waals surface area contributed by atoms with E-state index < -0.39 is 18.1 Å². The number of ether oxygens (including phenoxy) is 1. The van der Waals surface area contributed by atoms with Gasteiger partial charge in [0, 0.05) is 13.1 Å². The number of alkyl halides is 2. The first-order chi connectivity index (χ1) is 8.15. The second kappa shape index (κ2) is 4.79. The van der Waals surface area contributed by atoms with Crippen molar-refractivity contribution in [2.75, 3.05) is 13.2 Å². The van der Waals surface area contributed by atoms with E-state index in [0.717, 1.165) is 0 Å². The van der Waals surface area contributed by atoms with Gasteiger partial charge in [0.1, 0.15) is 11.5 Å². The van der Waals surface area contributed by atoms with Crippen LogP contribution in [0.4, 0.5) is 8.78 Å². The second-order valence-corrected chi connectivity index (χ2v) is 3.61. The maximum Gasteiger partial charge on any atom is 0.357 e. The molecule has 0 unspecified atom stereocenters. The Kier molecular flexibility index (Phi) is 3.37. The average molecular weight is 245 g/mol. The maximum absolute atomic E-state index is 12.8. The molecule has 7 heteroatoms. The van der Waals surface area contributed by atoms with Crippen molar-refractivity contribution in [1.29, 1.82) is 0 Å². The number of nitrogens with one attached hydrogen (secondary N) is 1. The number of nitrogens with zero attached hydrogens (tertiary/aromatic N) is 2. The van der Waals surface area contributed by atoms with Gasteiger partial charge >= 0.3 is 5.97 Å². The van der Waals surface area contributed by atoms with Crippen molar-refractivity contribution < 1.29 is 18.3 Å². The Morgan fingerprint density at radius 3 is 3.06 bits per heavy atom. The number of esters is 1. The number of imidazole rings is 1. The highest BCUT2D eigenvalue weighted by Gasteiger charge is 2.29. The smallest absolute Gasteiger partial charge is 0.357 e. The largest absolute Gasteiger partial charge is 0.461 e. The summed E-state index contributed by atoms with van der Waals surface area (Å²) in [5.41, 5.74) is -0.597. The van der Waals surface area contributed by atoms with E-state index in [0.29, 0.717) is 25.5 Å². The van der Waals surface area contributed by atoms with Gasteiger partial charge in [0.15, 0.2) is 5.69 Å². The van der Waals surface area contributed by atoms with E-state index in [-0.39, 0.29) is 12.3 Å². The van der Waals surface area contributed by atoms with Crippen LogP contribution in [0.25, 0.3) is 0 Å². The standard InChI is InChI=1S/C10H13F2N3O2/c1-2-17-10(16)8-7(9(11)12)14-6-5-13-3-4-15(6)8/h9,13H,2-5H2,1H3. The van der Waals surface area contributed by atoms with Crippen molar-refractivity contribution in [1.82, 2.24) is 14.9 Å². The summed E-state index contributed by atoms with van der Waals surface area (Å²) in [6.07, 6.45) is -2.77. The molecule has 1 N–H and O–H groups in total. The number of hydrogen-bond acceptors (Lipinski definition) is 4. The lowest BCUT2D eigenvalue weighted by Gasteiger charge is -2.16. The molecule has 1 aliphatic heterocycles. The lowest BCUT2D eigenvalue weighted by molar-refractivity contribution is 0.0500. The van der Waals surface area contributed by atoms with Gasteiger partial charge in [-0.3, -0.25) is 0 Å². The quantitative estimate of drug-likeness (QED) is 0.810. The molecule has 0 bridgehead atoms. The molecule has 0 fully saturated rings. The van der Waals surface area contributed by atoms with Crippen LogP contribution in [0.5, 0.6) is 0 Å². The van der Waals surface area contributed by atoms with Crippen LogP contribution in [-0.2, 0) is 17.8 Å². The summed E-state index contributed by atoms with van der Waals surface area (Å²) in [6, 6.07) is 0. The first-order valence-electron chi connectivity index (χ1n) is 5.40. The van der Waals surface area contributed by atoms with Gasteiger partial charge in [0.25, 0.3) is 6.43 Å². The fraction of sp³-hybridized carbons (Fsp3) is 0.600. The van der Waals surface area contributed by atoms with Gasteiger partial charge in [-0.2, -0.15) is 0 Å². The lowest BCUT2D eigenvalue weighted by Crippen LogP contribution is -2.30. The van der Waals surface area contributed by atoms with E-state index in [9.17, 15) is 13.6 Å². The predicted molar refractivity (Wildman–Crippen MR) is 54.8 cm³/mol. The fourth-order valence-electron chi connectivity index (χ4n) is 1.85. The molecule has 0 saturated carbocycles. The maximum atomic E-state index is 12.8. The van der Waals surface area contributed by atoms with Crippen LogP contribution in [0.3, 0.4) is 0 Å². The Morgan fingerprint density at radius 2 is 2.41 bits per heavy atom. The van der Waals surface area contributed by atoms with Crippen LogP contribution in [0, 0.1) is 0 Å². The Bertz CT molecular complexity index is 431. The van der Waals surface area contributed by atoms with Gasteiger partial charge in [-0.1, -0.05) is 0 Å². The van der Waals surface area contributed by atoms with Gasteiger partial charge < -0.3 is 14.6 Å². The summed E-state index contributed by atoms with van der Waals surface area (Å²) in [6.45, 7) is 3.25. The van der Waals surface area contributed by atoms with E-state index in [1.165, 1.54) is 4.57 Å². The van der Waals surface area contributed by atoms with Crippen LogP contribution in [0.15, 0.2) is 0 Å². The minimum absolute atomic E-state index is 0.113. The van der Waals surface area contributed by atoms with E-state index >= 15 is 0 Å². The highest BCUT2D eigenvalue weighted by Crippen LogP contribution is 2.25. The van der Waals surface area contributed by atoms with Crippen molar-refractivity contribution in [2.45, 2.75) is 26.4 Å². The summed E-state index contributed by atoms with van der Waals surface area (Å²) in [5, 5.41) is 3.01. The Hall–Kier alpha value is -1.50. The SMILES string of the molecule is CCOC(=O)c1c(C(F)F)nc2n1CCNC2. The predicted octanol–water partition coefficient (Wildman–Crippen LogP) is 1.10. The number of rotatable bonds is 3. The molecule has 1 aromatic heterocycles. The Labute approximate surface area is 96.8 Å². The minimum Gasteiger partial charge on any atom is -0.461 e. The molecule has 1 aromatic rings. The van der Waals surface area contributed by atoms with E-state index in [2.05, 4.69) is 10.3 Å². The first-order valence-corrected chi connectivity index (χ1v) is 5.40. The highest BCUT2D eigenvalue weighted by atomic mass is 19.3. The molecule has 0 saturated heterocycles. The van der Waals surface area contributed by atoms with Crippen molar-refractivity contribution in [2.24, 2.45) is 0 Å². The molecule has 94 valence electrons. The lowest BCUT2D eigenvalue weighted by atomic mass is 10.3. The van der Waals surface area contributed by atoms with E-state index in [1.54, 1.807) is 6.92 Å². The average Bonchev–Trinajstić information content (AvgIpc) is 2.68. The highest BCUT2D eigenvalue weighted by molar-refractivity contribution is 5.89. The number of fused-ring (bicyclic) bond motifs is 1. The van der Waals surface area contributed by atoms with Crippen molar-refractivity contribution in [3.05, 3.63) is 17.2 Å². The molecule has 0 spiro atoms. The van der Waals surface area contributed by atoms with Crippen LogP contribution in [0.1, 0.15) is 35.4 Å². The molecule has 0 aromatic carbocycles. The summed E-state index contributed by atoms with van der Waals surface area (Å²) < 4.78 is 31.9. The third kappa shape index (κ3) is 2.14. The van der Waals surface area contributed by atoms with E-state index in [1.807, 2.05) is 0 Å². The Morgan fingerprint density at radius 1 is 1.65 bits per heavy atom. The number of carbonyl (C=O) groups is 1. The van der Waals surface area contributed by atoms with Crippen molar-refractivity contribution in [3.63, 3.8) is 0 Å². The van der Waals surface area contributed by atoms with Gasteiger partial charge in [0.05, 0.1) is 13.2 Å². The molecule has 0 radical (unpaired) electrons. The number of halogens is 2. The molecule has 5 nitrogen and oxygen atoms in total. The molecular weight excluding hydrogens is 232 g/mol. The number of hydrogen-bond donors (Lipinski definition) is 1. The molecule has 17 heavy (non-hydrogen) atoms. The Balaban J connectivity index is 2.45. The van der Waals surface area contributed by atoms with Crippen LogP contribution < -0.4 is 5.32 Å². The summed E-state index contributed by atoms with van der Waals surface area (Å²) >= 11 is 0. The molecule has 0 amide bonds. The molecule has 1 aliphatic rings. The topological polar surface area (TPSA) is 56.1 Å². The van der Waals surface area contributed by atoms with Gasteiger partial charge in [-0.25, -0.2) is 18.6 Å². The third-order valence-corrected chi connectivity index (χ3v) is 2.54. The van der Waals surface area contributed by atoms with Crippen LogP contribution >= 0.6 is 0 Å². The minimum atomic E-state index is -2.77. The van der Waals surface area contributed by atoms with Crippen molar-refractivity contribution in [3.8, 4) is 0 Å². The van der Waals surface area contributed by atoms with Gasteiger partial charge in [0.2, 0.25) is 0 Å². The summed E-state index contributed by atoms with van der Waals surface area (Å²) in [7, 11) is 0. The zero-order chi connectivity index (χ0) is 12.4. The zero-order valence-electron chi connectivity index (χ0n) is 9.37. The van der Waals surface area contributed by atoms with Crippen LogP contribution in [0.2, 0.25) is 0 Å². The number of carbonyl (C=O) groups excluding carboxylic acids is 1. The molecular formula is C10H13F2N3O2. The van der Waals surface area contributed by atoms with Crippen molar-refractivity contribution >= 4 is 5.97 Å². The normalized spacial score (nSPS) is 14.8. The van der Waals surface area contributed by atoms with Crippen LogP contribution in [-0.4, -0.2) is 28.7 Å². The van der Waals surface area contributed by atoms with E-state index in [4.69, 9.17) is 4.74 Å². The van der Waals surface area contributed by atoms with Gasteiger partial charge in [-0.05, 0) is 6.92 Å². The third-order valence-electron chi connectivity index (χ3n) is 2.54. The summed E-state index contributed by atoms with van der Waals surface area (Å²) in [4.78, 5) is 15.5.